The van der Waals surface area contributed by atoms with Crippen LogP contribution in [0, 0.1) is 12.8 Å². The third-order valence-electron chi connectivity index (χ3n) is 4.77. The minimum atomic E-state index is -0.307. The van der Waals surface area contributed by atoms with Gasteiger partial charge >= 0.3 is 0 Å². The number of benzene rings is 2. The van der Waals surface area contributed by atoms with Crippen LogP contribution in [0.15, 0.2) is 48.5 Å². The van der Waals surface area contributed by atoms with E-state index in [0.717, 1.165) is 22.6 Å². The highest BCUT2D eigenvalue weighted by molar-refractivity contribution is 5.89. The molecular weight excluding hydrogens is 356 g/mol. The van der Waals surface area contributed by atoms with Gasteiger partial charge in [0.2, 0.25) is 11.8 Å². The number of rotatable bonds is 8. The molecule has 2 amide bonds. The van der Waals surface area contributed by atoms with E-state index in [4.69, 9.17) is 9.47 Å². The maximum absolute atomic E-state index is 12.4. The zero-order valence-electron chi connectivity index (χ0n) is 16.3. The lowest BCUT2D eigenvalue weighted by Crippen LogP contribution is -2.35. The fourth-order valence-corrected chi connectivity index (χ4v) is 3.29. The Hall–Kier alpha value is -3.02. The Balaban J connectivity index is 1.41. The predicted molar refractivity (Wildman–Crippen MR) is 106 cm³/mol. The standard InChI is InChI=1S/C22H26N2O4/c1-16-4-3-5-17(12-16)14-24-15-18(13-21(24)25)22(26)23-10-11-28-20-8-6-19(27-2)7-9-20/h3-9,12,18H,10-11,13-15H2,1-2H3,(H,23,26). The summed E-state index contributed by atoms with van der Waals surface area (Å²) in [5.74, 6) is 1.10. The molecule has 3 rings (SSSR count). The molecule has 1 aliphatic heterocycles. The van der Waals surface area contributed by atoms with Gasteiger partial charge in [0.25, 0.3) is 0 Å². The van der Waals surface area contributed by atoms with E-state index in [1.54, 1.807) is 12.0 Å². The van der Waals surface area contributed by atoms with E-state index in [0.29, 0.717) is 26.2 Å². The van der Waals surface area contributed by atoms with Gasteiger partial charge < -0.3 is 19.7 Å². The number of amides is 2. The smallest absolute Gasteiger partial charge is 0.225 e. The van der Waals surface area contributed by atoms with Crippen LogP contribution in [0.2, 0.25) is 0 Å². The van der Waals surface area contributed by atoms with Gasteiger partial charge in [-0.1, -0.05) is 29.8 Å². The number of carbonyl (C=O) groups is 2. The van der Waals surface area contributed by atoms with Gasteiger partial charge in [-0.15, -0.1) is 0 Å². The maximum Gasteiger partial charge on any atom is 0.225 e. The first-order valence-electron chi connectivity index (χ1n) is 9.43. The second kappa shape index (κ2) is 9.26. The first-order chi connectivity index (χ1) is 13.5. The van der Waals surface area contributed by atoms with Crippen molar-refractivity contribution in [1.29, 1.82) is 0 Å². The van der Waals surface area contributed by atoms with Gasteiger partial charge in [-0.2, -0.15) is 0 Å². The molecule has 6 heteroatoms. The summed E-state index contributed by atoms with van der Waals surface area (Å²) in [6.07, 6.45) is 0.261. The lowest BCUT2D eigenvalue weighted by Gasteiger charge is -2.17. The highest BCUT2D eigenvalue weighted by Crippen LogP contribution is 2.21. The van der Waals surface area contributed by atoms with E-state index in [2.05, 4.69) is 11.4 Å². The van der Waals surface area contributed by atoms with E-state index in [1.807, 2.05) is 49.4 Å². The molecule has 28 heavy (non-hydrogen) atoms. The molecule has 148 valence electrons. The lowest BCUT2D eigenvalue weighted by atomic mass is 10.1. The van der Waals surface area contributed by atoms with Gasteiger partial charge in [-0.05, 0) is 36.8 Å². The Morgan fingerprint density at radius 3 is 2.64 bits per heavy atom. The number of ether oxygens (including phenoxy) is 2. The molecule has 1 saturated heterocycles. The number of hydrogen-bond donors (Lipinski definition) is 1. The van der Waals surface area contributed by atoms with Gasteiger partial charge in [0, 0.05) is 19.5 Å². The lowest BCUT2D eigenvalue weighted by molar-refractivity contribution is -0.129. The predicted octanol–water partition coefficient (Wildman–Crippen LogP) is 2.55. The van der Waals surface area contributed by atoms with E-state index in [-0.39, 0.29) is 24.2 Å². The van der Waals surface area contributed by atoms with Crippen LogP contribution in [0.1, 0.15) is 17.5 Å². The van der Waals surface area contributed by atoms with Crippen LogP contribution in [0.5, 0.6) is 11.5 Å². The summed E-state index contributed by atoms with van der Waals surface area (Å²) >= 11 is 0. The molecule has 0 radical (unpaired) electrons. The number of hydrogen-bond acceptors (Lipinski definition) is 4. The molecule has 1 fully saturated rings. The summed E-state index contributed by atoms with van der Waals surface area (Å²) in [4.78, 5) is 26.4. The van der Waals surface area contributed by atoms with Gasteiger partial charge in [-0.25, -0.2) is 0 Å². The molecule has 0 spiro atoms. The van der Waals surface area contributed by atoms with Crippen LogP contribution in [0.25, 0.3) is 0 Å². The number of nitrogens with one attached hydrogen (secondary N) is 1. The minimum Gasteiger partial charge on any atom is -0.497 e. The van der Waals surface area contributed by atoms with Crippen molar-refractivity contribution in [1.82, 2.24) is 10.2 Å². The number of likely N-dealkylation sites (tertiary alicyclic amines) is 1. The first kappa shape index (κ1) is 19.7. The minimum absolute atomic E-state index is 0.0242. The van der Waals surface area contributed by atoms with Crippen LogP contribution < -0.4 is 14.8 Å². The molecule has 2 aromatic carbocycles. The van der Waals surface area contributed by atoms with Crippen LogP contribution in [-0.2, 0) is 16.1 Å². The molecule has 1 atom stereocenters. The van der Waals surface area contributed by atoms with Crippen molar-refractivity contribution in [3.8, 4) is 11.5 Å². The molecule has 0 aromatic heterocycles. The monoisotopic (exact) mass is 382 g/mol. The largest absolute Gasteiger partial charge is 0.497 e. The Labute approximate surface area is 165 Å². The summed E-state index contributed by atoms with van der Waals surface area (Å²) in [6.45, 7) is 3.79. The average molecular weight is 382 g/mol. The quantitative estimate of drug-likeness (QED) is 0.713. The van der Waals surface area contributed by atoms with Crippen molar-refractivity contribution in [3.63, 3.8) is 0 Å². The average Bonchev–Trinajstić information content (AvgIpc) is 3.06. The topological polar surface area (TPSA) is 67.9 Å². The van der Waals surface area contributed by atoms with E-state index in [9.17, 15) is 9.59 Å². The Kier molecular flexibility index (Phi) is 6.53. The normalized spacial score (nSPS) is 16.1. The Morgan fingerprint density at radius 2 is 1.93 bits per heavy atom. The second-order valence-corrected chi connectivity index (χ2v) is 6.98. The van der Waals surface area contributed by atoms with Crippen molar-refractivity contribution in [3.05, 3.63) is 59.7 Å². The number of aryl methyl sites for hydroxylation is 1. The summed E-state index contributed by atoms with van der Waals surface area (Å²) in [5.41, 5.74) is 2.25. The molecule has 6 nitrogen and oxygen atoms in total. The molecule has 0 aliphatic carbocycles. The van der Waals surface area contributed by atoms with Crippen molar-refractivity contribution in [2.45, 2.75) is 19.9 Å². The van der Waals surface area contributed by atoms with E-state index >= 15 is 0 Å². The first-order valence-corrected chi connectivity index (χ1v) is 9.43. The van der Waals surface area contributed by atoms with Gasteiger partial charge in [0.05, 0.1) is 19.6 Å². The molecular formula is C22H26N2O4. The van der Waals surface area contributed by atoms with Crippen molar-refractivity contribution >= 4 is 11.8 Å². The fourth-order valence-electron chi connectivity index (χ4n) is 3.29. The van der Waals surface area contributed by atoms with Crippen LogP contribution in [-0.4, -0.2) is 43.5 Å². The van der Waals surface area contributed by atoms with Crippen molar-refractivity contribution in [2.75, 3.05) is 26.8 Å². The summed E-state index contributed by atoms with van der Waals surface area (Å²) in [6, 6.07) is 15.4. The van der Waals surface area contributed by atoms with Crippen molar-refractivity contribution < 1.29 is 19.1 Å². The summed E-state index contributed by atoms with van der Waals surface area (Å²) < 4.78 is 10.7. The van der Waals surface area contributed by atoms with Gasteiger partial charge in [0.1, 0.15) is 18.1 Å². The van der Waals surface area contributed by atoms with E-state index < -0.39 is 0 Å². The third kappa shape index (κ3) is 5.25. The van der Waals surface area contributed by atoms with Crippen LogP contribution in [0.4, 0.5) is 0 Å². The van der Waals surface area contributed by atoms with E-state index in [1.165, 1.54) is 0 Å². The fraction of sp³-hybridized carbons (Fsp3) is 0.364. The zero-order chi connectivity index (χ0) is 19.9. The molecule has 1 N–H and O–H groups in total. The molecule has 1 heterocycles. The van der Waals surface area contributed by atoms with Crippen LogP contribution >= 0.6 is 0 Å². The highest BCUT2D eigenvalue weighted by atomic mass is 16.5. The van der Waals surface area contributed by atoms with Crippen molar-refractivity contribution in [2.24, 2.45) is 5.92 Å². The summed E-state index contributed by atoms with van der Waals surface area (Å²) in [7, 11) is 1.61. The SMILES string of the molecule is COc1ccc(OCCNC(=O)C2CC(=O)N(Cc3cccc(C)c3)C2)cc1. The second-order valence-electron chi connectivity index (χ2n) is 6.98. The van der Waals surface area contributed by atoms with Gasteiger partial charge in [-0.3, -0.25) is 9.59 Å². The summed E-state index contributed by atoms with van der Waals surface area (Å²) in [5, 5.41) is 2.86. The molecule has 0 bridgehead atoms. The number of methoxy groups -OCH3 is 1. The maximum atomic E-state index is 12.4. The number of nitrogens with zero attached hydrogens (tertiary/aromatic N) is 1. The highest BCUT2D eigenvalue weighted by Gasteiger charge is 2.34. The Bertz CT molecular complexity index is 820. The molecule has 0 saturated carbocycles. The Morgan fingerprint density at radius 1 is 1.18 bits per heavy atom. The third-order valence-corrected chi connectivity index (χ3v) is 4.77. The molecule has 1 aliphatic rings. The molecule has 1 unspecified atom stereocenters. The number of carbonyl (C=O) groups excluding carboxylic acids is 2. The van der Waals surface area contributed by atoms with Crippen LogP contribution in [0.3, 0.4) is 0 Å². The molecule has 2 aromatic rings. The van der Waals surface area contributed by atoms with Gasteiger partial charge in [0.15, 0.2) is 0 Å². The zero-order valence-corrected chi connectivity index (χ0v) is 16.3.